The predicted octanol–water partition coefficient (Wildman–Crippen LogP) is -0.699. The Balaban J connectivity index is 3.28. The van der Waals surface area contributed by atoms with E-state index in [0.717, 1.165) is 11.0 Å². The number of halogens is 1. The first-order chi connectivity index (χ1) is 8.82. The normalized spacial score (nSPS) is 9.95. The van der Waals surface area contributed by atoms with E-state index in [-0.39, 0.29) is 5.69 Å². The van der Waals surface area contributed by atoms with Crippen LogP contribution in [0.1, 0.15) is 10.4 Å². The number of benzene rings is 1. The molecule has 0 saturated carbocycles. The number of nitrogens with two attached hydrogens (primary N) is 2. The molecule has 0 unspecified atom stereocenters. The number of aromatic carboxylic acids is 1. The summed E-state index contributed by atoms with van der Waals surface area (Å²) in [6.07, 6.45) is 0. The van der Waals surface area contributed by atoms with Crippen LogP contribution in [0.15, 0.2) is 18.2 Å². The Labute approximate surface area is 107 Å². The van der Waals surface area contributed by atoms with Gasteiger partial charge in [-0.15, -0.1) is 0 Å². The topological polar surface area (TPSA) is 127 Å². The molecule has 5 N–H and O–H groups in total. The molecule has 19 heavy (non-hydrogen) atoms. The van der Waals surface area contributed by atoms with Crippen molar-refractivity contribution in [2.75, 3.05) is 18.0 Å². The highest BCUT2D eigenvalue weighted by Gasteiger charge is 2.22. The van der Waals surface area contributed by atoms with Crippen LogP contribution in [0.2, 0.25) is 0 Å². The molecule has 1 aromatic rings. The van der Waals surface area contributed by atoms with Gasteiger partial charge in [-0.1, -0.05) is 6.07 Å². The maximum absolute atomic E-state index is 13.5. The van der Waals surface area contributed by atoms with Crippen LogP contribution in [0.4, 0.5) is 10.1 Å². The molecule has 0 bridgehead atoms. The molecule has 0 saturated heterocycles. The van der Waals surface area contributed by atoms with E-state index in [9.17, 15) is 18.8 Å². The van der Waals surface area contributed by atoms with Gasteiger partial charge in [-0.3, -0.25) is 9.59 Å². The standard InChI is InChI=1S/C11H12FN3O4/c12-6-2-1-3-7(10(6)11(18)19)15(4-8(13)16)5-9(14)17/h1-3H,4-5H2,(H2,13,16)(H2,14,17)(H,18,19). The molecule has 7 nitrogen and oxygen atoms in total. The van der Waals surface area contributed by atoms with Crippen molar-refractivity contribution in [1.82, 2.24) is 0 Å². The summed E-state index contributed by atoms with van der Waals surface area (Å²) in [4.78, 5) is 33.9. The number of primary amides is 2. The molecule has 8 heteroatoms. The molecule has 0 fully saturated rings. The second kappa shape index (κ2) is 5.80. The molecule has 0 spiro atoms. The Kier molecular flexibility index (Phi) is 4.41. The first kappa shape index (κ1) is 14.4. The number of hydrogen-bond donors (Lipinski definition) is 3. The lowest BCUT2D eigenvalue weighted by atomic mass is 10.1. The molecule has 0 aliphatic heterocycles. The number of carboxylic acids is 1. The van der Waals surface area contributed by atoms with Gasteiger partial charge in [0.1, 0.15) is 11.4 Å². The van der Waals surface area contributed by atoms with Crippen molar-refractivity contribution >= 4 is 23.5 Å². The summed E-state index contributed by atoms with van der Waals surface area (Å²) in [5.41, 5.74) is 9.21. The molecular weight excluding hydrogens is 257 g/mol. The second-order valence-corrected chi connectivity index (χ2v) is 3.73. The third kappa shape index (κ3) is 3.66. The Morgan fingerprint density at radius 3 is 2.11 bits per heavy atom. The summed E-state index contributed by atoms with van der Waals surface area (Å²) in [6.45, 7) is -0.903. The fourth-order valence-electron chi connectivity index (χ4n) is 1.59. The molecule has 2 amide bonds. The number of carbonyl (C=O) groups is 3. The molecule has 0 aliphatic carbocycles. The van der Waals surface area contributed by atoms with Crippen LogP contribution < -0.4 is 16.4 Å². The summed E-state index contributed by atoms with van der Waals surface area (Å²) in [5, 5.41) is 8.96. The van der Waals surface area contributed by atoms with Gasteiger partial charge in [0, 0.05) is 0 Å². The van der Waals surface area contributed by atoms with Gasteiger partial charge in [0.05, 0.1) is 18.8 Å². The number of nitrogens with zero attached hydrogens (tertiary/aromatic N) is 1. The number of carboxylic acid groups (broad SMARTS) is 1. The van der Waals surface area contributed by atoms with Crippen molar-refractivity contribution in [3.63, 3.8) is 0 Å². The van der Waals surface area contributed by atoms with E-state index in [4.69, 9.17) is 16.6 Å². The number of anilines is 1. The van der Waals surface area contributed by atoms with E-state index in [2.05, 4.69) is 0 Å². The highest BCUT2D eigenvalue weighted by molar-refractivity contribution is 5.96. The van der Waals surface area contributed by atoms with Crippen LogP contribution in [-0.2, 0) is 9.59 Å². The van der Waals surface area contributed by atoms with Crippen molar-refractivity contribution in [1.29, 1.82) is 0 Å². The van der Waals surface area contributed by atoms with E-state index in [1.807, 2.05) is 0 Å². The van der Waals surface area contributed by atoms with Gasteiger partial charge in [0.25, 0.3) is 0 Å². The van der Waals surface area contributed by atoms with Gasteiger partial charge in [-0.05, 0) is 12.1 Å². The highest BCUT2D eigenvalue weighted by Crippen LogP contribution is 2.23. The molecule has 1 rings (SSSR count). The molecule has 0 aliphatic rings. The molecule has 102 valence electrons. The number of hydrogen-bond acceptors (Lipinski definition) is 4. The largest absolute Gasteiger partial charge is 0.478 e. The van der Waals surface area contributed by atoms with Crippen molar-refractivity contribution in [3.8, 4) is 0 Å². The van der Waals surface area contributed by atoms with E-state index >= 15 is 0 Å². The van der Waals surface area contributed by atoms with Crippen LogP contribution in [0.5, 0.6) is 0 Å². The molecule has 0 atom stereocenters. The second-order valence-electron chi connectivity index (χ2n) is 3.73. The zero-order chi connectivity index (χ0) is 14.6. The lowest BCUT2D eigenvalue weighted by molar-refractivity contribution is -0.117. The van der Waals surface area contributed by atoms with Crippen LogP contribution in [0.3, 0.4) is 0 Å². The SMILES string of the molecule is NC(=O)CN(CC(N)=O)c1cccc(F)c1C(=O)O. The van der Waals surface area contributed by atoms with Crippen LogP contribution in [0.25, 0.3) is 0 Å². The zero-order valence-electron chi connectivity index (χ0n) is 9.80. The maximum atomic E-state index is 13.5. The van der Waals surface area contributed by atoms with Crippen molar-refractivity contribution in [2.24, 2.45) is 11.5 Å². The van der Waals surface area contributed by atoms with Gasteiger partial charge in [-0.2, -0.15) is 0 Å². The fraction of sp³-hybridized carbons (Fsp3) is 0.182. The minimum atomic E-state index is -1.52. The Morgan fingerprint density at radius 2 is 1.68 bits per heavy atom. The fourth-order valence-corrected chi connectivity index (χ4v) is 1.59. The molecule has 0 heterocycles. The maximum Gasteiger partial charge on any atom is 0.340 e. The lowest BCUT2D eigenvalue weighted by Crippen LogP contribution is -2.40. The summed E-state index contributed by atoms with van der Waals surface area (Å²) in [6, 6.07) is 3.48. The summed E-state index contributed by atoms with van der Waals surface area (Å²) < 4.78 is 13.5. The van der Waals surface area contributed by atoms with Crippen LogP contribution >= 0.6 is 0 Å². The zero-order valence-corrected chi connectivity index (χ0v) is 9.80. The van der Waals surface area contributed by atoms with Gasteiger partial charge >= 0.3 is 5.97 Å². The molecule has 0 radical (unpaired) electrons. The summed E-state index contributed by atoms with van der Waals surface area (Å²) in [7, 11) is 0. The van der Waals surface area contributed by atoms with Crippen molar-refractivity contribution in [3.05, 3.63) is 29.6 Å². The third-order valence-electron chi connectivity index (χ3n) is 2.24. The smallest absolute Gasteiger partial charge is 0.340 e. The van der Waals surface area contributed by atoms with E-state index in [1.54, 1.807) is 0 Å². The van der Waals surface area contributed by atoms with E-state index < -0.39 is 42.3 Å². The quantitative estimate of drug-likeness (QED) is 0.629. The van der Waals surface area contributed by atoms with E-state index in [0.29, 0.717) is 0 Å². The van der Waals surface area contributed by atoms with Crippen molar-refractivity contribution in [2.45, 2.75) is 0 Å². The number of rotatable bonds is 6. The number of carbonyl (C=O) groups excluding carboxylic acids is 2. The van der Waals surface area contributed by atoms with Gasteiger partial charge < -0.3 is 21.5 Å². The predicted molar refractivity (Wildman–Crippen MR) is 64.0 cm³/mol. The summed E-state index contributed by atoms with van der Waals surface area (Å²) >= 11 is 0. The average molecular weight is 269 g/mol. The molecule has 0 aromatic heterocycles. The summed E-state index contributed by atoms with van der Waals surface area (Å²) in [5.74, 6) is -4.11. The van der Waals surface area contributed by atoms with Gasteiger partial charge in [0.15, 0.2) is 0 Å². The third-order valence-corrected chi connectivity index (χ3v) is 2.24. The Hall–Kier alpha value is -2.64. The minimum absolute atomic E-state index is 0.134. The average Bonchev–Trinajstić information content (AvgIpc) is 2.25. The lowest BCUT2D eigenvalue weighted by Gasteiger charge is -2.23. The minimum Gasteiger partial charge on any atom is -0.478 e. The first-order valence-corrected chi connectivity index (χ1v) is 5.16. The monoisotopic (exact) mass is 269 g/mol. The van der Waals surface area contributed by atoms with Gasteiger partial charge in [0.2, 0.25) is 11.8 Å². The van der Waals surface area contributed by atoms with Crippen LogP contribution in [-0.4, -0.2) is 36.0 Å². The van der Waals surface area contributed by atoms with E-state index in [1.165, 1.54) is 12.1 Å². The Morgan fingerprint density at radius 1 is 1.16 bits per heavy atom. The molecular formula is C11H12FN3O4. The van der Waals surface area contributed by atoms with Gasteiger partial charge in [-0.25, -0.2) is 9.18 Å². The van der Waals surface area contributed by atoms with Crippen molar-refractivity contribution < 1.29 is 23.9 Å². The molecule has 1 aromatic carbocycles. The number of amides is 2. The van der Waals surface area contributed by atoms with Crippen LogP contribution in [0, 0.1) is 5.82 Å². The highest BCUT2D eigenvalue weighted by atomic mass is 19.1. The Bertz CT molecular complexity index is 517. The first-order valence-electron chi connectivity index (χ1n) is 5.16.